The van der Waals surface area contributed by atoms with Gasteiger partial charge in [-0.1, -0.05) is 48.5 Å². The smallest absolute Gasteiger partial charge is 0.248 e. The minimum atomic E-state index is -0.754. The number of halogens is 2. The summed E-state index contributed by atoms with van der Waals surface area (Å²) in [7, 11) is 0. The highest BCUT2D eigenvalue weighted by atomic mass is 35.5. The van der Waals surface area contributed by atoms with Crippen LogP contribution >= 0.6 is 12.4 Å². The van der Waals surface area contributed by atoms with E-state index in [1.54, 1.807) is 11.0 Å². The fourth-order valence-electron chi connectivity index (χ4n) is 3.16. The fourth-order valence-corrected chi connectivity index (χ4v) is 3.16. The summed E-state index contributed by atoms with van der Waals surface area (Å²) in [5, 5.41) is 0. The second-order valence-electron chi connectivity index (χ2n) is 7.03. The van der Waals surface area contributed by atoms with Crippen LogP contribution in [0.3, 0.4) is 0 Å². The number of anilines is 1. The van der Waals surface area contributed by atoms with Crippen LogP contribution in [0, 0.1) is 19.7 Å². The van der Waals surface area contributed by atoms with Crippen LogP contribution in [0.4, 0.5) is 10.1 Å². The van der Waals surface area contributed by atoms with Gasteiger partial charge in [0.2, 0.25) is 5.91 Å². The summed E-state index contributed by atoms with van der Waals surface area (Å²) < 4.78 is 13.5. The average Bonchev–Trinajstić information content (AvgIpc) is 2.70. The summed E-state index contributed by atoms with van der Waals surface area (Å²) in [6.07, 6.45) is 0.540. The molecule has 3 nitrogen and oxygen atoms in total. The lowest BCUT2D eigenvalue weighted by molar-refractivity contribution is -0.120. The molecule has 0 heterocycles. The van der Waals surface area contributed by atoms with E-state index < -0.39 is 6.04 Å². The van der Waals surface area contributed by atoms with Crippen molar-refractivity contribution < 1.29 is 9.18 Å². The third-order valence-electron chi connectivity index (χ3n) is 5.01. The molecule has 1 unspecified atom stereocenters. The molecule has 0 saturated heterocycles. The highest BCUT2D eigenvalue weighted by Crippen LogP contribution is 2.23. The third kappa shape index (κ3) is 5.66. The standard InChI is InChI=1S/C24H25FN2O.ClH/c1-17-11-12-22(15-18(17)2)27(14-13-19-7-6-10-21(25)16-19)24(28)23(26)20-8-4-3-5-9-20;/h3-12,15-16,23H,13-14,26H2,1-2H3;1H. The van der Waals surface area contributed by atoms with Crippen molar-refractivity contribution in [3.8, 4) is 0 Å². The summed E-state index contributed by atoms with van der Waals surface area (Å²) in [5.41, 5.74) is 11.0. The van der Waals surface area contributed by atoms with Crippen molar-refractivity contribution in [1.29, 1.82) is 0 Å². The zero-order valence-corrected chi connectivity index (χ0v) is 17.5. The molecular formula is C24H26ClFN2O. The second-order valence-corrected chi connectivity index (χ2v) is 7.03. The Morgan fingerprint density at radius 2 is 1.69 bits per heavy atom. The van der Waals surface area contributed by atoms with E-state index >= 15 is 0 Å². The number of nitrogens with two attached hydrogens (primary N) is 1. The monoisotopic (exact) mass is 412 g/mol. The number of rotatable bonds is 6. The molecule has 0 aliphatic carbocycles. The molecule has 0 spiro atoms. The SMILES string of the molecule is Cc1ccc(N(CCc2cccc(F)c2)C(=O)C(N)c2ccccc2)cc1C.Cl. The van der Waals surface area contributed by atoms with Crippen molar-refractivity contribution in [1.82, 2.24) is 0 Å². The Kier molecular flexibility index (Phi) is 7.94. The number of carbonyl (C=O) groups excluding carboxylic acids is 1. The normalized spacial score (nSPS) is 11.4. The molecule has 0 aliphatic rings. The number of aryl methyl sites for hydroxylation is 2. The Bertz CT molecular complexity index is 962. The number of benzene rings is 3. The molecule has 0 radical (unpaired) electrons. The van der Waals surface area contributed by atoms with E-state index in [1.807, 2.05) is 68.4 Å². The Morgan fingerprint density at radius 3 is 2.34 bits per heavy atom. The van der Waals surface area contributed by atoms with Gasteiger partial charge in [-0.15, -0.1) is 12.4 Å². The molecule has 3 rings (SSSR count). The van der Waals surface area contributed by atoms with Crippen molar-refractivity contribution in [2.75, 3.05) is 11.4 Å². The van der Waals surface area contributed by atoms with E-state index in [-0.39, 0.29) is 24.1 Å². The topological polar surface area (TPSA) is 46.3 Å². The first-order chi connectivity index (χ1) is 13.5. The lowest BCUT2D eigenvalue weighted by atomic mass is 10.0. The lowest BCUT2D eigenvalue weighted by Crippen LogP contribution is -2.40. The van der Waals surface area contributed by atoms with Crippen molar-refractivity contribution in [3.05, 3.63) is 101 Å². The van der Waals surface area contributed by atoms with Gasteiger partial charge in [0.25, 0.3) is 0 Å². The van der Waals surface area contributed by atoms with Crippen LogP contribution in [-0.4, -0.2) is 12.5 Å². The van der Waals surface area contributed by atoms with Crippen LogP contribution in [0.2, 0.25) is 0 Å². The lowest BCUT2D eigenvalue weighted by Gasteiger charge is -2.27. The van der Waals surface area contributed by atoms with Crippen LogP contribution in [0.5, 0.6) is 0 Å². The molecule has 152 valence electrons. The minimum Gasteiger partial charge on any atom is -0.316 e. The zero-order valence-electron chi connectivity index (χ0n) is 16.6. The Morgan fingerprint density at radius 1 is 0.966 bits per heavy atom. The van der Waals surface area contributed by atoms with Gasteiger partial charge in [-0.05, 0) is 66.8 Å². The highest BCUT2D eigenvalue weighted by molar-refractivity contribution is 5.97. The Labute approximate surface area is 177 Å². The van der Waals surface area contributed by atoms with Gasteiger partial charge in [0, 0.05) is 12.2 Å². The number of carbonyl (C=O) groups is 1. The van der Waals surface area contributed by atoms with E-state index in [9.17, 15) is 9.18 Å². The largest absolute Gasteiger partial charge is 0.316 e. The first-order valence-electron chi connectivity index (χ1n) is 9.39. The molecule has 0 aromatic heterocycles. The molecule has 1 atom stereocenters. The number of nitrogens with zero attached hydrogens (tertiary/aromatic N) is 1. The maximum absolute atomic E-state index is 13.5. The summed E-state index contributed by atoms with van der Waals surface area (Å²) in [6.45, 7) is 4.48. The fraction of sp³-hybridized carbons (Fsp3) is 0.208. The van der Waals surface area contributed by atoms with Gasteiger partial charge >= 0.3 is 0 Å². The zero-order chi connectivity index (χ0) is 20.1. The summed E-state index contributed by atoms with van der Waals surface area (Å²) in [6, 6.07) is 21.0. The van der Waals surface area contributed by atoms with Gasteiger partial charge < -0.3 is 10.6 Å². The Balaban J connectivity index is 0.00000300. The second kappa shape index (κ2) is 10.2. The van der Waals surface area contributed by atoms with Gasteiger partial charge in [0.15, 0.2) is 0 Å². The molecule has 0 saturated carbocycles. The molecule has 5 heteroatoms. The van der Waals surface area contributed by atoms with Gasteiger partial charge in [-0.25, -0.2) is 4.39 Å². The van der Waals surface area contributed by atoms with Gasteiger partial charge in [-0.2, -0.15) is 0 Å². The van der Waals surface area contributed by atoms with Crippen molar-refractivity contribution in [2.45, 2.75) is 26.3 Å². The third-order valence-corrected chi connectivity index (χ3v) is 5.01. The Hall–Kier alpha value is -2.69. The molecule has 0 aliphatic heterocycles. The van der Waals surface area contributed by atoms with Crippen molar-refractivity contribution >= 4 is 24.0 Å². The molecule has 3 aromatic carbocycles. The predicted molar refractivity (Wildman–Crippen MR) is 119 cm³/mol. The minimum absolute atomic E-state index is 0. The van der Waals surface area contributed by atoms with Crippen LogP contribution in [0.15, 0.2) is 72.8 Å². The van der Waals surface area contributed by atoms with Crippen LogP contribution < -0.4 is 10.6 Å². The molecule has 3 aromatic rings. The molecule has 1 amide bonds. The van der Waals surface area contributed by atoms with Gasteiger partial charge in [0.05, 0.1) is 0 Å². The summed E-state index contributed by atoms with van der Waals surface area (Å²) >= 11 is 0. The van der Waals surface area contributed by atoms with E-state index in [0.717, 1.165) is 27.9 Å². The predicted octanol–water partition coefficient (Wildman–Crippen LogP) is 5.14. The first kappa shape index (κ1) is 22.6. The molecular weight excluding hydrogens is 387 g/mol. The van der Waals surface area contributed by atoms with Crippen LogP contribution in [0.1, 0.15) is 28.3 Å². The van der Waals surface area contributed by atoms with Crippen LogP contribution in [0.25, 0.3) is 0 Å². The molecule has 2 N–H and O–H groups in total. The van der Waals surface area contributed by atoms with Gasteiger partial charge in [0.1, 0.15) is 11.9 Å². The molecule has 0 bridgehead atoms. The number of hydrogen-bond acceptors (Lipinski definition) is 2. The van der Waals surface area contributed by atoms with E-state index in [0.29, 0.717) is 13.0 Å². The summed E-state index contributed by atoms with van der Waals surface area (Å²) in [5.74, 6) is -0.451. The van der Waals surface area contributed by atoms with Gasteiger partial charge in [-0.3, -0.25) is 4.79 Å². The van der Waals surface area contributed by atoms with E-state index in [2.05, 4.69) is 0 Å². The van der Waals surface area contributed by atoms with Crippen molar-refractivity contribution in [2.24, 2.45) is 5.73 Å². The molecule has 29 heavy (non-hydrogen) atoms. The maximum Gasteiger partial charge on any atom is 0.248 e. The summed E-state index contributed by atoms with van der Waals surface area (Å²) in [4.78, 5) is 15.0. The van der Waals surface area contributed by atoms with Crippen LogP contribution in [-0.2, 0) is 11.2 Å². The van der Waals surface area contributed by atoms with E-state index in [1.165, 1.54) is 12.1 Å². The average molecular weight is 413 g/mol. The first-order valence-corrected chi connectivity index (χ1v) is 9.39. The quantitative estimate of drug-likeness (QED) is 0.609. The highest BCUT2D eigenvalue weighted by Gasteiger charge is 2.24. The molecule has 0 fully saturated rings. The maximum atomic E-state index is 13.5. The van der Waals surface area contributed by atoms with Crippen molar-refractivity contribution in [3.63, 3.8) is 0 Å². The van der Waals surface area contributed by atoms with E-state index in [4.69, 9.17) is 5.73 Å². The number of amides is 1. The number of hydrogen-bond donors (Lipinski definition) is 1.